The van der Waals surface area contributed by atoms with Crippen molar-refractivity contribution in [1.82, 2.24) is 0 Å². The van der Waals surface area contributed by atoms with Gasteiger partial charge in [0.2, 0.25) is 0 Å². The number of ketones is 1. The number of Topliss-reactive ketones (excluding diaryl/α,β-unsaturated/α-hetero) is 1. The molecule has 0 amide bonds. The van der Waals surface area contributed by atoms with Crippen LogP contribution in [0.4, 0.5) is 0 Å². The van der Waals surface area contributed by atoms with Gasteiger partial charge in [0.25, 0.3) is 0 Å². The van der Waals surface area contributed by atoms with Crippen molar-refractivity contribution in [1.29, 1.82) is 0 Å². The van der Waals surface area contributed by atoms with E-state index in [-0.39, 0.29) is 22.1 Å². The standard InChI is InChI=1S/C23H16Cl2O5/c1-14-4-2-3-5-18(14)23(28)29-13-21(26)15-6-9-17(10-7-15)30-22(27)16-8-11-19(24)20(25)12-16/h2-12H,13H2,1H3. The highest BCUT2D eigenvalue weighted by molar-refractivity contribution is 6.42. The van der Waals surface area contributed by atoms with Gasteiger partial charge in [-0.05, 0) is 61.0 Å². The molecule has 0 aliphatic carbocycles. The van der Waals surface area contributed by atoms with Crippen molar-refractivity contribution >= 4 is 40.9 Å². The van der Waals surface area contributed by atoms with E-state index in [1.807, 2.05) is 6.07 Å². The Labute approximate surface area is 183 Å². The van der Waals surface area contributed by atoms with Crippen LogP contribution in [0.1, 0.15) is 36.6 Å². The highest BCUT2D eigenvalue weighted by atomic mass is 35.5. The summed E-state index contributed by atoms with van der Waals surface area (Å²) < 4.78 is 10.4. The predicted octanol–water partition coefficient (Wildman–Crippen LogP) is 5.56. The third-order valence-electron chi connectivity index (χ3n) is 4.24. The fraction of sp³-hybridized carbons (Fsp3) is 0.0870. The molecule has 0 saturated heterocycles. The Morgan fingerprint density at radius 3 is 2.13 bits per heavy atom. The first-order chi connectivity index (χ1) is 14.3. The summed E-state index contributed by atoms with van der Waals surface area (Å²) in [5.74, 6) is -1.30. The van der Waals surface area contributed by atoms with Crippen LogP contribution in [0.5, 0.6) is 5.75 Å². The Balaban J connectivity index is 1.58. The molecule has 0 aliphatic rings. The van der Waals surface area contributed by atoms with Crippen LogP contribution in [0.25, 0.3) is 0 Å². The van der Waals surface area contributed by atoms with E-state index in [0.717, 1.165) is 5.56 Å². The molecule has 0 unspecified atom stereocenters. The summed E-state index contributed by atoms with van der Waals surface area (Å²) in [6, 6.07) is 17.3. The number of esters is 2. The van der Waals surface area contributed by atoms with Gasteiger partial charge in [0.05, 0.1) is 21.2 Å². The van der Waals surface area contributed by atoms with Gasteiger partial charge >= 0.3 is 11.9 Å². The largest absolute Gasteiger partial charge is 0.454 e. The summed E-state index contributed by atoms with van der Waals surface area (Å²) in [4.78, 5) is 36.6. The van der Waals surface area contributed by atoms with Gasteiger partial charge in [-0.2, -0.15) is 0 Å². The van der Waals surface area contributed by atoms with E-state index < -0.39 is 18.5 Å². The second-order valence-electron chi connectivity index (χ2n) is 6.36. The minimum Gasteiger partial charge on any atom is -0.454 e. The molecule has 0 N–H and O–H groups in total. The number of hydrogen-bond donors (Lipinski definition) is 0. The molecule has 30 heavy (non-hydrogen) atoms. The maximum absolute atomic E-state index is 12.3. The summed E-state index contributed by atoms with van der Waals surface area (Å²) in [6.07, 6.45) is 0. The molecule has 0 aliphatic heterocycles. The molecule has 152 valence electrons. The van der Waals surface area contributed by atoms with E-state index in [9.17, 15) is 14.4 Å². The lowest BCUT2D eigenvalue weighted by atomic mass is 10.1. The van der Waals surface area contributed by atoms with E-state index in [1.54, 1.807) is 25.1 Å². The minimum absolute atomic E-state index is 0.243. The number of ether oxygens (including phenoxy) is 2. The average Bonchev–Trinajstić information content (AvgIpc) is 2.74. The fourth-order valence-corrected chi connectivity index (χ4v) is 2.89. The van der Waals surface area contributed by atoms with Gasteiger partial charge in [-0.25, -0.2) is 9.59 Å². The van der Waals surface area contributed by atoms with Crippen molar-refractivity contribution < 1.29 is 23.9 Å². The second-order valence-corrected chi connectivity index (χ2v) is 7.17. The van der Waals surface area contributed by atoms with E-state index >= 15 is 0 Å². The number of carbonyl (C=O) groups excluding carboxylic acids is 3. The zero-order valence-electron chi connectivity index (χ0n) is 15.9. The van der Waals surface area contributed by atoms with Crippen LogP contribution in [0, 0.1) is 6.92 Å². The van der Waals surface area contributed by atoms with E-state index in [0.29, 0.717) is 16.1 Å². The topological polar surface area (TPSA) is 69.7 Å². The van der Waals surface area contributed by atoms with Crippen LogP contribution < -0.4 is 4.74 Å². The molecule has 0 radical (unpaired) electrons. The predicted molar refractivity (Wildman–Crippen MR) is 114 cm³/mol. The van der Waals surface area contributed by atoms with Crippen LogP contribution in [0.15, 0.2) is 66.7 Å². The highest BCUT2D eigenvalue weighted by Gasteiger charge is 2.15. The Morgan fingerprint density at radius 1 is 0.800 bits per heavy atom. The van der Waals surface area contributed by atoms with Crippen molar-refractivity contribution in [3.8, 4) is 5.75 Å². The number of carbonyl (C=O) groups is 3. The van der Waals surface area contributed by atoms with Crippen LogP contribution in [-0.2, 0) is 4.74 Å². The molecule has 0 heterocycles. The normalized spacial score (nSPS) is 10.4. The lowest BCUT2D eigenvalue weighted by molar-refractivity contribution is 0.0474. The van der Waals surface area contributed by atoms with Crippen LogP contribution in [0.2, 0.25) is 10.0 Å². The Kier molecular flexibility index (Phi) is 6.87. The summed E-state index contributed by atoms with van der Waals surface area (Å²) in [7, 11) is 0. The van der Waals surface area contributed by atoms with Crippen LogP contribution in [-0.4, -0.2) is 24.3 Å². The molecule has 7 heteroatoms. The van der Waals surface area contributed by atoms with Gasteiger partial charge in [-0.1, -0.05) is 41.4 Å². The molecule has 0 atom stereocenters. The maximum Gasteiger partial charge on any atom is 0.343 e. The van der Waals surface area contributed by atoms with Gasteiger partial charge in [0, 0.05) is 5.56 Å². The first-order valence-electron chi connectivity index (χ1n) is 8.88. The molecule has 3 rings (SSSR count). The minimum atomic E-state index is -0.611. The SMILES string of the molecule is Cc1ccccc1C(=O)OCC(=O)c1ccc(OC(=O)c2ccc(Cl)c(Cl)c2)cc1. The molecule has 0 fully saturated rings. The van der Waals surface area contributed by atoms with E-state index in [4.69, 9.17) is 32.7 Å². The third kappa shape index (κ3) is 5.26. The summed E-state index contributed by atoms with van der Waals surface area (Å²) in [6.45, 7) is 1.39. The van der Waals surface area contributed by atoms with Crippen LogP contribution in [0.3, 0.4) is 0 Å². The van der Waals surface area contributed by atoms with Gasteiger partial charge in [0.1, 0.15) is 5.75 Å². The fourth-order valence-electron chi connectivity index (χ4n) is 2.59. The molecule has 0 spiro atoms. The molecular formula is C23H16Cl2O5. The van der Waals surface area contributed by atoms with Gasteiger partial charge < -0.3 is 9.47 Å². The smallest absolute Gasteiger partial charge is 0.343 e. The van der Waals surface area contributed by atoms with E-state index in [2.05, 4.69) is 0 Å². The highest BCUT2D eigenvalue weighted by Crippen LogP contribution is 2.23. The first kappa shape index (κ1) is 21.6. The third-order valence-corrected chi connectivity index (χ3v) is 4.98. The molecule has 5 nitrogen and oxygen atoms in total. The summed E-state index contributed by atoms with van der Waals surface area (Å²) in [5.41, 5.74) is 1.74. The molecule has 3 aromatic carbocycles. The second kappa shape index (κ2) is 9.57. The van der Waals surface area contributed by atoms with Crippen LogP contribution >= 0.6 is 23.2 Å². The molecule has 3 aromatic rings. The van der Waals surface area contributed by atoms with Crippen molar-refractivity contribution in [3.05, 3.63) is 99.0 Å². The average molecular weight is 443 g/mol. The Morgan fingerprint density at radius 2 is 1.47 bits per heavy atom. The lowest BCUT2D eigenvalue weighted by Crippen LogP contribution is -2.15. The van der Waals surface area contributed by atoms with Crippen molar-refractivity contribution in [2.45, 2.75) is 6.92 Å². The van der Waals surface area contributed by atoms with Crippen molar-refractivity contribution in [2.75, 3.05) is 6.61 Å². The number of benzene rings is 3. The Hall–Kier alpha value is -3.15. The summed E-state index contributed by atoms with van der Waals surface area (Å²) >= 11 is 11.7. The number of halogens is 2. The van der Waals surface area contributed by atoms with Crippen molar-refractivity contribution in [3.63, 3.8) is 0 Å². The molecule has 0 aromatic heterocycles. The first-order valence-corrected chi connectivity index (χ1v) is 9.64. The zero-order chi connectivity index (χ0) is 21.7. The monoisotopic (exact) mass is 442 g/mol. The summed E-state index contributed by atoms with van der Waals surface area (Å²) in [5, 5.41) is 0.575. The van der Waals surface area contributed by atoms with Gasteiger partial charge in [0.15, 0.2) is 12.4 Å². The lowest BCUT2D eigenvalue weighted by Gasteiger charge is -2.08. The molecular weight excluding hydrogens is 427 g/mol. The van der Waals surface area contributed by atoms with Gasteiger partial charge in [-0.3, -0.25) is 4.79 Å². The van der Waals surface area contributed by atoms with Gasteiger partial charge in [-0.15, -0.1) is 0 Å². The molecule has 0 bridgehead atoms. The van der Waals surface area contributed by atoms with Crippen molar-refractivity contribution in [2.24, 2.45) is 0 Å². The zero-order valence-corrected chi connectivity index (χ0v) is 17.4. The number of hydrogen-bond acceptors (Lipinski definition) is 5. The quantitative estimate of drug-likeness (QED) is 0.283. The maximum atomic E-state index is 12.3. The number of rotatable bonds is 6. The van der Waals surface area contributed by atoms with E-state index in [1.165, 1.54) is 42.5 Å². The Bertz CT molecular complexity index is 1110. The molecule has 0 saturated carbocycles. The number of aryl methyl sites for hydroxylation is 1.